The number of hydrogen-bond donors (Lipinski definition) is 4. The van der Waals surface area contributed by atoms with Crippen LogP contribution < -0.4 is 21.3 Å². The zero-order chi connectivity index (χ0) is 28.6. The van der Waals surface area contributed by atoms with E-state index < -0.39 is 18.4 Å². The molecule has 3 aromatic carbocycles. The van der Waals surface area contributed by atoms with Crippen LogP contribution in [0.3, 0.4) is 0 Å². The first-order chi connectivity index (χ1) is 19.2. The molecule has 0 saturated carbocycles. The van der Waals surface area contributed by atoms with E-state index in [1.807, 2.05) is 12.1 Å². The van der Waals surface area contributed by atoms with Crippen molar-refractivity contribution in [3.05, 3.63) is 90.6 Å². The van der Waals surface area contributed by atoms with Gasteiger partial charge in [0, 0.05) is 49.0 Å². The van der Waals surface area contributed by atoms with Crippen LogP contribution in [-0.4, -0.2) is 70.7 Å². The topological polar surface area (TPSA) is 166 Å². The first-order valence-electron chi connectivity index (χ1n) is 12.5. The quantitative estimate of drug-likeness (QED) is 0.298. The predicted molar refractivity (Wildman–Crippen MR) is 153 cm³/mol. The number of anilines is 3. The lowest BCUT2D eigenvalue weighted by Crippen LogP contribution is -2.50. The molecule has 0 spiro atoms. The number of carboxylic acid groups (broad SMARTS) is 1. The highest BCUT2D eigenvalue weighted by molar-refractivity contribution is 6.10. The van der Waals surface area contributed by atoms with Crippen LogP contribution in [0.2, 0.25) is 0 Å². The van der Waals surface area contributed by atoms with Crippen molar-refractivity contribution in [3.8, 4) is 5.75 Å². The number of rotatable bonds is 5. The lowest BCUT2D eigenvalue weighted by Gasteiger charge is -2.35. The van der Waals surface area contributed by atoms with Crippen LogP contribution in [0.25, 0.3) is 10.8 Å². The van der Waals surface area contributed by atoms with E-state index in [2.05, 4.69) is 9.88 Å². The van der Waals surface area contributed by atoms with E-state index in [4.69, 9.17) is 16.6 Å². The predicted octanol–water partition coefficient (Wildman–Crippen LogP) is 3.14. The molecule has 1 aliphatic rings. The van der Waals surface area contributed by atoms with Crippen molar-refractivity contribution in [2.75, 3.05) is 48.3 Å². The molecule has 0 aliphatic carbocycles. The molecular weight excluding hydrogens is 512 g/mol. The summed E-state index contributed by atoms with van der Waals surface area (Å²) in [7, 11) is 0. The number of benzene rings is 3. The maximum Gasteiger partial charge on any atom is 0.323 e. The number of carboxylic acids is 1. The fourth-order valence-electron chi connectivity index (χ4n) is 4.40. The van der Waals surface area contributed by atoms with Crippen LogP contribution in [0.5, 0.6) is 5.75 Å². The van der Waals surface area contributed by atoms with Gasteiger partial charge in [0.1, 0.15) is 18.1 Å². The first-order valence-corrected chi connectivity index (χ1v) is 12.5. The molecular formula is C29H30N6O5. The lowest BCUT2D eigenvalue weighted by atomic mass is 10.1. The largest absolute Gasteiger partial charge is 0.506 e. The Hall–Kier alpha value is -5.32. The lowest BCUT2D eigenvalue weighted by molar-refractivity contribution is -0.135. The maximum absolute atomic E-state index is 12.8. The normalized spacial score (nSPS) is 12.8. The van der Waals surface area contributed by atoms with Crippen molar-refractivity contribution in [1.82, 2.24) is 9.88 Å². The summed E-state index contributed by atoms with van der Waals surface area (Å²) in [5, 5.41) is 20.3. The number of primary amides is 1. The summed E-state index contributed by atoms with van der Waals surface area (Å²) >= 11 is 0. The minimum absolute atomic E-state index is 0.273. The van der Waals surface area contributed by atoms with Crippen molar-refractivity contribution < 1.29 is 24.6 Å². The van der Waals surface area contributed by atoms with Crippen LogP contribution in [-0.2, 0) is 4.79 Å². The second-order valence-corrected chi connectivity index (χ2v) is 9.05. The summed E-state index contributed by atoms with van der Waals surface area (Å²) in [5.41, 5.74) is 12.7. The monoisotopic (exact) mass is 542 g/mol. The molecule has 1 aliphatic heterocycles. The number of aromatic nitrogens is 1. The number of piperazine rings is 1. The van der Waals surface area contributed by atoms with Gasteiger partial charge in [-0.1, -0.05) is 36.4 Å². The molecule has 0 bridgehead atoms. The average molecular weight is 543 g/mol. The molecule has 0 radical (unpaired) electrons. The number of carbonyl (C=O) groups excluding carboxylic acids is 2. The number of aromatic hydroxyl groups is 1. The molecule has 0 atom stereocenters. The van der Waals surface area contributed by atoms with Crippen LogP contribution in [0.15, 0.2) is 85.1 Å². The van der Waals surface area contributed by atoms with Crippen molar-refractivity contribution >= 4 is 45.9 Å². The van der Waals surface area contributed by atoms with Gasteiger partial charge < -0.3 is 31.5 Å². The van der Waals surface area contributed by atoms with E-state index in [1.165, 1.54) is 4.90 Å². The second kappa shape index (κ2) is 12.5. The molecule has 11 nitrogen and oxygen atoms in total. The molecule has 4 aromatic rings. The molecule has 3 amide bonds. The number of hydrogen-bond acceptors (Lipinski definition) is 7. The molecule has 1 aromatic heterocycles. The third kappa shape index (κ3) is 6.57. The summed E-state index contributed by atoms with van der Waals surface area (Å²) in [6.45, 7) is 2.16. The molecule has 11 heteroatoms. The number of phenols is 1. The van der Waals surface area contributed by atoms with Crippen molar-refractivity contribution in [1.29, 1.82) is 0 Å². The van der Waals surface area contributed by atoms with Crippen molar-refractivity contribution in [3.63, 3.8) is 0 Å². The zero-order valence-corrected chi connectivity index (χ0v) is 21.7. The Morgan fingerprint density at radius 2 is 1.57 bits per heavy atom. The first kappa shape index (κ1) is 27.7. The minimum Gasteiger partial charge on any atom is -0.506 e. The van der Waals surface area contributed by atoms with E-state index in [9.17, 15) is 19.5 Å². The highest BCUT2D eigenvalue weighted by Gasteiger charge is 2.22. The molecule has 0 unspecified atom stereocenters. The number of urea groups is 1. The summed E-state index contributed by atoms with van der Waals surface area (Å²) in [6, 6.07) is 22.4. The summed E-state index contributed by atoms with van der Waals surface area (Å²) < 4.78 is 0. The maximum atomic E-state index is 12.8. The number of nitrogens with zero attached hydrogens (tertiary/aromatic N) is 4. The van der Waals surface area contributed by atoms with Gasteiger partial charge in [-0.2, -0.15) is 0 Å². The molecule has 6 N–H and O–H groups in total. The average Bonchev–Trinajstić information content (AvgIpc) is 2.97. The standard InChI is InChI=1S/C18H15N3O3.C11H15N3O2/c19-17-15-10-13(7-6-12(15)8-9-20-17)18(24)21(11-16(22)23)14-4-2-1-3-5-14;12-11(16)14-7-5-13(6-8-14)9-3-1-2-4-10(9)15/h1-10H,11H2,(H2,19,20)(H,22,23);1-4,15H,5-8H2,(H2,12,16). The Kier molecular flexibility index (Phi) is 8.65. The molecule has 1 fully saturated rings. The highest BCUT2D eigenvalue weighted by Crippen LogP contribution is 2.27. The van der Waals surface area contributed by atoms with E-state index in [-0.39, 0.29) is 11.8 Å². The van der Waals surface area contributed by atoms with Gasteiger partial charge in [0.2, 0.25) is 0 Å². The number of nitrogen functional groups attached to an aromatic ring is 1. The Bertz CT molecular complexity index is 1510. The van der Waals surface area contributed by atoms with E-state index in [0.29, 0.717) is 48.6 Å². The Morgan fingerprint density at radius 1 is 0.900 bits per heavy atom. The van der Waals surface area contributed by atoms with Crippen molar-refractivity contribution in [2.24, 2.45) is 5.73 Å². The number of aliphatic carboxylic acids is 1. The van der Waals surface area contributed by atoms with Crippen LogP contribution in [0, 0.1) is 0 Å². The van der Waals surface area contributed by atoms with Gasteiger partial charge in [0.15, 0.2) is 0 Å². The smallest absolute Gasteiger partial charge is 0.323 e. The van der Waals surface area contributed by atoms with E-state index >= 15 is 0 Å². The summed E-state index contributed by atoms with van der Waals surface area (Å²) in [6.07, 6.45) is 1.60. The van der Waals surface area contributed by atoms with Gasteiger partial charge in [-0.05, 0) is 47.9 Å². The van der Waals surface area contributed by atoms with Crippen LogP contribution >= 0.6 is 0 Å². The van der Waals surface area contributed by atoms with Crippen molar-refractivity contribution in [2.45, 2.75) is 0 Å². The van der Waals surface area contributed by atoms with Gasteiger partial charge in [-0.3, -0.25) is 14.5 Å². The van der Waals surface area contributed by atoms with Crippen LogP contribution in [0.1, 0.15) is 10.4 Å². The van der Waals surface area contributed by atoms with Gasteiger partial charge in [0.25, 0.3) is 5.91 Å². The fourth-order valence-corrected chi connectivity index (χ4v) is 4.40. The zero-order valence-electron chi connectivity index (χ0n) is 21.7. The molecule has 1 saturated heterocycles. The third-order valence-electron chi connectivity index (χ3n) is 6.46. The Labute approximate surface area is 230 Å². The Balaban J connectivity index is 0.000000201. The Morgan fingerprint density at radius 3 is 2.23 bits per heavy atom. The number of nitrogens with two attached hydrogens (primary N) is 2. The van der Waals surface area contributed by atoms with Crippen LogP contribution in [0.4, 0.5) is 22.0 Å². The van der Waals surface area contributed by atoms with Gasteiger partial charge in [0.05, 0.1) is 5.69 Å². The number of carbonyl (C=O) groups is 3. The minimum atomic E-state index is -1.09. The SMILES string of the molecule is NC(=O)N1CCN(c2ccccc2O)CC1.Nc1nccc2ccc(C(=O)N(CC(=O)O)c3ccccc3)cc12. The number of amides is 3. The molecule has 2 heterocycles. The molecule has 5 rings (SSSR count). The van der Waals surface area contributed by atoms with E-state index in [1.54, 1.807) is 77.8 Å². The third-order valence-corrected chi connectivity index (χ3v) is 6.46. The molecule has 40 heavy (non-hydrogen) atoms. The molecule has 206 valence electrons. The summed E-state index contributed by atoms with van der Waals surface area (Å²) in [4.78, 5) is 43.8. The number of phenolic OH excluding ortho intramolecular Hbond substituents is 1. The second-order valence-electron chi connectivity index (χ2n) is 9.05. The number of fused-ring (bicyclic) bond motifs is 1. The number of para-hydroxylation sites is 3. The highest BCUT2D eigenvalue weighted by atomic mass is 16.4. The van der Waals surface area contributed by atoms with Gasteiger partial charge in [-0.15, -0.1) is 0 Å². The van der Waals surface area contributed by atoms with Gasteiger partial charge in [-0.25, -0.2) is 9.78 Å². The number of pyridine rings is 1. The van der Waals surface area contributed by atoms with Gasteiger partial charge >= 0.3 is 12.0 Å². The summed E-state index contributed by atoms with van der Waals surface area (Å²) in [5.74, 6) is -0.899. The van der Waals surface area contributed by atoms with E-state index in [0.717, 1.165) is 11.1 Å². The fraction of sp³-hybridized carbons (Fsp3) is 0.172.